The summed E-state index contributed by atoms with van der Waals surface area (Å²) in [6.45, 7) is 5.90. The molecule has 0 unspecified atom stereocenters. The molecular formula is C34H46N6O7. The Morgan fingerprint density at radius 3 is 2.21 bits per heavy atom. The van der Waals surface area contributed by atoms with Crippen LogP contribution in [0.25, 0.3) is 10.9 Å². The van der Waals surface area contributed by atoms with E-state index in [-0.39, 0.29) is 31.2 Å². The minimum atomic E-state index is -1.47. The van der Waals surface area contributed by atoms with Gasteiger partial charge in [-0.05, 0) is 62.5 Å². The van der Waals surface area contributed by atoms with Gasteiger partial charge < -0.3 is 36.3 Å². The number of carbonyl (C=O) groups excluding carboxylic acids is 5. The number of amides is 5. The molecule has 3 heterocycles. The third-order valence-corrected chi connectivity index (χ3v) is 9.69. The first-order valence-electron chi connectivity index (χ1n) is 16.7. The second-order valence-electron chi connectivity index (χ2n) is 13.6. The number of carboxylic acids is 1. The maximum absolute atomic E-state index is 14.0. The van der Waals surface area contributed by atoms with E-state index in [2.05, 4.69) is 26.3 Å². The SMILES string of the molecule is Cc1[nH]c2ccccc2c1C[C@H]1NC(=O)[C@H](CC(C)C)NC(=O)[C@@H](C2CCCC2)NC(=O)[C@@H]2CCCN2C(=O)[C@@H](CC(=O)O)NC1=O. The molecule has 254 valence electrons. The van der Waals surface area contributed by atoms with Crippen LogP contribution in [0.3, 0.4) is 0 Å². The molecule has 13 heteroatoms. The molecule has 1 saturated carbocycles. The van der Waals surface area contributed by atoms with Crippen LogP contribution < -0.4 is 21.3 Å². The van der Waals surface area contributed by atoms with Gasteiger partial charge >= 0.3 is 5.97 Å². The van der Waals surface area contributed by atoms with Gasteiger partial charge in [-0.15, -0.1) is 0 Å². The van der Waals surface area contributed by atoms with E-state index < -0.39 is 72.1 Å². The van der Waals surface area contributed by atoms with Gasteiger partial charge in [0.05, 0.1) is 6.42 Å². The Morgan fingerprint density at radius 2 is 1.51 bits per heavy atom. The van der Waals surface area contributed by atoms with Crippen LogP contribution in [0.4, 0.5) is 0 Å². The highest BCUT2D eigenvalue weighted by atomic mass is 16.4. The quantitative estimate of drug-likeness (QED) is 0.263. The average Bonchev–Trinajstić information content (AvgIpc) is 3.78. The summed E-state index contributed by atoms with van der Waals surface area (Å²) in [6.07, 6.45) is 3.75. The number of fused-ring (bicyclic) bond motifs is 2. The normalized spacial score (nSPS) is 26.8. The maximum atomic E-state index is 14.0. The average molecular weight is 651 g/mol. The number of nitrogens with zero attached hydrogens (tertiary/aromatic N) is 1. The van der Waals surface area contributed by atoms with Gasteiger partial charge in [0.25, 0.3) is 0 Å². The predicted molar refractivity (Wildman–Crippen MR) is 173 cm³/mol. The van der Waals surface area contributed by atoms with E-state index in [1.807, 2.05) is 45.0 Å². The molecule has 0 bridgehead atoms. The topological polar surface area (TPSA) is 190 Å². The minimum absolute atomic E-state index is 0.000379. The van der Waals surface area contributed by atoms with Crippen molar-refractivity contribution in [1.29, 1.82) is 0 Å². The van der Waals surface area contributed by atoms with Crippen molar-refractivity contribution in [2.75, 3.05) is 6.54 Å². The molecule has 0 radical (unpaired) electrons. The van der Waals surface area contributed by atoms with Crippen molar-refractivity contribution < 1.29 is 33.9 Å². The molecule has 5 rings (SSSR count). The van der Waals surface area contributed by atoms with Crippen molar-refractivity contribution in [2.24, 2.45) is 11.8 Å². The van der Waals surface area contributed by atoms with E-state index >= 15 is 0 Å². The lowest BCUT2D eigenvalue weighted by atomic mass is 9.95. The summed E-state index contributed by atoms with van der Waals surface area (Å²) in [4.78, 5) is 86.0. The van der Waals surface area contributed by atoms with Gasteiger partial charge in [-0.25, -0.2) is 0 Å². The second-order valence-corrected chi connectivity index (χ2v) is 13.6. The summed E-state index contributed by atoms with van der Waals surface area (Å²) in [6, 6.07) is 2.03. The van der Waals surface area contributed by atoms with Crippen LogP contribution in [0.1, 0.15) is 76.5 Å². The molecular weight excluding hydrogens is 604 g/mol. The number of hydrogen-bond donors (Lipinski definition) is 6. The largest absolute Gasteiger partial charge is 0.481 e. The summed E-state index contributed by atoms with van der Waals surface area (Å²) >= 11 is 0. The predicted octanol–water partition coefficient (Wildman–Crippen LogP) is 1.67. The minimum Gasteiger partial charge on any atom is -0.481 e. The summed E-state index contributed by atoms with van der Waals surface area (Å²) in [7, 11) is 0. The highest BCUT2D eigenvalue weighted by Crippen LogP contribution is 2.29. The van der Waals surface area contributed by atoms with Crippen LogP contribution in [0, 0.1) is 18.8 Å². The summed E-state index contributed by atoms with van der Waals surface area (Å²) in [5.41, 5.74) is 2.42. The Kier molecular flexibility index (Phi) is 10.5. The van der Waals surface area contributed by atoms with E-state index in [4.69, 9.17) is 0 Å². The van der Waals surface area contributed by atoms with Crippen LogP contribution >= 0.6 is 0 Å². The highest BCUT2D eigenvalue weighted by Gasteiger charge is 2.42. The first kappa shape index (κ1) is 33.9. The van der Waals surface area contributed by atoms with Crippen molar-refractivity contribution in [3.8, 4) is 0 Å². The fourth-order valence-electron chi connectivity index (χ4n) is 7.34. The molecule has 2 saturated heterocycles. The Morgan fingerprint density at radius 1 is 0.851 bits per heavy atom. The zero-order valence-electron chi connectivity index (χ0n) is 27.3. The number of hydrogen-bond acceptors (Lipinski definition) is 6. The standard InChI is InChI=1S/C34H46N6O7/c1-18(2)15-24-30(43)36-25(16-22-19(3)35-23-12-7-6-11-21(22)23)31(44)38-26(17-28(41)42)34(47)40-14-8-13-27(40)32(45)39-29(33(46)37-24)20-9-4-5-10-20/h6-7,11-12,18,20,24-27,29,35H,4-5,8-10,13-17H2,1-3H3,(H,36,43)(H,37,46)(H,38,44)(H,39,45)(H,41,42)/t24-,25+,26+,27-,29+/m0/s1. The summed E-state index contributed by atoms with van der Waals surface area (Å²) in [5.74, 6) is -4.44. The lowest BCUT2D eigenvalue weighted by molar-refractivity contribution is -0.146. The number of para-hydroxylation sites is 1. The molecule has 5 amide bonds. The molecule has 47 heavy (non-hydrogen) atoms. The van der Waals surface area contributed by atoms with E-state index in [9.17, 15) is 33.9 Å². The van der Waals surface area contributed by atoms with Crippen LogP contribution in [0.5, 0.6) is 0 Å². The number of aryl methyl sites for hydroxylation is 1. The Hall–Kier alpha value is -4.42. The third-order valence-electron chi connectivity index (χ3n) is 9.69. The molecule has 5 atom stereocenters. The number of H-pyrrole nitrogens is 1. The zero-order chi connectivity index (χ0) is 33.8. The molecule has 1 aliphatic carbocycles. The summed E-state index contributed by atoms with van der Waals surface area (Å²) < 4.78 is 0. The van der Waals surface area contributed by atoms with Gasteiger partial charge in [-0.3, -0.25) is 28.8 Å². The molecule has 2 aliphatic heterocycles. The van der Waals surface area contributed by atoms with Crippen LogP contribution in [0.2, 0.25) is 0 Å². The van der Waals surface area contributed by atoms with Gasteiger partial charge in [0.1, 0.15) is 30.2 Å². The fraction of sp³-hybridized carbons (Fsp3) is 0.588. The Balaban J connectivity index is 1.56. The highest BCUT2D eigenvalue weighted by molar-refractivity contribution is 5.99. The first-order valence-corrected chi connectivity index (χ1v) is 16.7. The molecule has 1 aromatic carbocycles. The van der Waals surface area contributed by atoms with Crippen molar-refractivity contribution in [2.45, 2.75) is 109 Å². The molecule has 3 fully saturated rings. The van der Waals surface area contributed by atoms with Crippen molar-refractivity contribution >= 4 is 46.4 Å². The monoisotopic (exact) mass is 650 g/mol. The summed E-state index contributed by atoms with van der Waals surface area (Å²) in [5, 5.41) is 21.8. The van der Waals surface area contributed by atoms with E-state index in [0.29, 0.717) is 12.8 Å². The van der Waals surface area contributed by atoms with Crippen LogP contribution in [-0.2, 0) is 35.2 Å². The van der Waals surface area contributed by atoms with Crippen LogP contribution in [0.15, 0.2) is 24.3 Å². The number of carboxylic acid groups (broad SMARTS) is 1. The Labute approximate surface area is 274 Å². The van der Waals surface area contributed by atoms with E-state index in [0.717, 1.165) is 47.8 Å². The maximum Gasteiger partial charge on any atom is 0.305 e. The van der Waals surface area contributed by atoms with Gasteiger partial charge in [0.15, 0.2) is 0 Å². The van der Waals surface area contributed by atoms with Crippen molar-refractivity contribution in [3.05, 3.63) is 35.5 Å². The lowest BCUT2D eigenvalue weighted by Gasteiger charge is -2.31. The van der Waals surface area contributed by atoms with Gasteiger partial charge in [-0.2, -0.15) is 0 Å². The molecule has 13 nitrogen and oxygen atoms in total. The van der Waals surface area contributed by atoms with Gasteiger partial charge in [0.2, 0.25) is 29.5 Å². The number of aromatic nitrogens is 1. The molecule has 6 N–H and O–H groups in total. The van der Waals surface area contributed by atoms with Crippen LogP contribution in [-0.4, -0.2) is 87.2 Å². The Bertz CT molecular complexity index is 1530. The lowest BCUT2D eigenvalue weighted by Crippen LogP contribution is -2.59. The molecule has 1 aromatic heterocycles. The number of aliphatic carboxylic acids is 1. The number of nitrogens with one attached hydrogen (secondary N) is 5. The van der Waals surface area contributed by atoms with E-state index in [1.165, 1.54) is 4.90 Å². The molecule has 0 spiro atoms. The van der Waals surface area contributed by atoms with E-state index in [1.54, 1.807) is 0 Å². The molecule has 3 aliphatic rings. The van der Waals surface area contributed by atoms with Gasteiger partial charge in [0, 0.05) is 29.6 Å². The number of benzene rings is 1. The third kappa shape index (κ3) is 7.77. The van der Waals surface area contributed by atoms with Crippen molar-refractivity contribution in [1.82, 2.24) is 31.2 Å². The number of aromatic amines is 1. The first-order chi connectivity index (χ1) is 22.4. The zero-order valence-corrected chi connectivity index (χ0v) is 27.3. The number of carbonyl (C=O) groups is 6. The number of rotatable bonds is 7. The van der Waals surface area contributed by atoms with Crippen molar-refractivity contribution in [3.63, 3.8) is 0 Å². The second kappa shape index (κ2) is 14.6. The smallest absolute Gasteiger partial charge is 0.305 e. The molecule has 2 aromatic rings. The fourth-order valence-corrected chi connectivity index (χ4v) is 7.34. The van der Waals surface area contributed by atoms with Gasteiger partial charge in [-0.1, -0.05) is 44.9 Å².